The van der Waals surface area contributed by atoms with Crippen LogP contribution in [-0.4, -0.2) is 28.4 Å². The van der Waals surface area contributed by atoms with E-state index in [1.807, 2.05) is 6.92 Å². The molecule has 1 aromatic carbocycles. The van der Waals surface area contributed by atoms with E-state index in [0.29, 0.717) is 29.6 Å². The first-order chi connectivity index (χ1) is 8.65. The fourth-order valence-electron chi connectivity index (χ4n) is 1.77. The maximum atomic E-state index is 6.02. The lowest BCUT2D eigenvalue weighted by atomic mass is 10.3. The van der Waals surface area contributed by atoms with Crippen LogP contribution in [0.2, 0.25) is 5.02 Å². The van der Waals surface area contributed by atoms with Crippen LogP contribution in [0.4, 0.5) is 0 Å². The molecule has 0 amide bonds. The number of nitrogens with two attached hydrogens (primary N) is 1. The van der Waals surface area contributed by atoms with Gasteiger partial charge in [0.15, 0.2) is 0 Å². The molecule has 2 rings (SSSR count). The minimum atomic E-state index is 0.515. The van der Waals surface area contributed by atoms with Gasteiger partial charge in [-0.05, 0) is 31.7 Å². The van der Waals surface area contributed by atoms with E-state index in [4.69, 9.17) is 22.1 Å². The second-order valence-electron chi connectivity index (χ2n) is 3.84. The highest BCUT2D eigenvalue weighted by Crippen LogP contribution is 2.26. The summed E-state index contributed by atoms with van der Waals surface area (Å²) in [5, 5.41) is 4.98. The molecule has 1 aromatic heterocycles. The van der Waals surface area contributed by atoms with E-state index < -0.39 is 0 Å². The van der Waals surface area contributed by atoms with Crippen molar-refractivity contribution < 1.29 is 4.74 Å². The van der Waals surface area contributed by atoms with Crippen molar-refractivity contribution in [3.8, 4) is 11.4 Å². The van der Waals surface area contributed by atoms with Crippen molar-refractivity contribution in [2.45, 2.75) is 13.3 Å². The van der Waals surface area contributed by atoms with Crippen molar-refractivity contribution in [1.29, 1.82) is 0 Å². The first kappa shape index (κ1) is 12.9. The second kappa shape index (κ2) is 5.37. The number of aryl methyl sites for hydroxylation is 1. The molecule has 0 unspecified atom stereocenters. The molecule has 0 aliphatic rings. The van der Waals surface area contributed by atoms with Gasteiger partial charge >= 0.3 is 0 Å². The fourth-order valence-corrected chi connectivity index (χ4v) is 1.94. The highest BCUT2D eigenvalue weighted by molar-refractivity contribution is 6.30. The molecule has 0 atom stereocenters. The molecule has 5 nitrogen and oxygen atoms in total. The van der Waals surface area contributed by atoms with Gasteiger partial charge in [-0.1, -0.05) is 11.6 Å². The molecular formula is C12H15ClN4O. The van der Waals surface area contributed by atoms with Crippen LogP contribution in [-0.2, 0) is 6.42 Å². The van der Waals surface area contributed by atoms with Crippen LogP contribution >= 0.6 is 11.6 Å². The molecule has 96 valence electrons. The van der Waals surface area contributed by atoms with Gasteiger partial charge in [-0.15, -0.1) is 0 Å². The summed E-state index contributed by atoms with van der Waals surface area (Å²) in [4.78, 5) is 4.36. The number of aromatic nitrogens is 3. The van der Waals surface area contributed by atoms with Crippen LogP contribution in [0.15, 0.2) is 18.2 Å². The summed E-state index contributed by atoms with van der Waals surface area (Å²) in [5.41, 5.74) is 6.35. The highest BCUT2D eigenvalue weighted by Gasteiger charge is 2.13. The van der Waals surface area contributed by atoms with Crippen molar-refractivity contribution in [3.63, 3.8) is 0 Å². The smallest absolute Gasteiger partial charge is 0.148 e. The summed E-state index contributed by atoms with van der Waals surface area (Å²) < 4.78 is 7.05. The van der Waals surface area contributed by atoms with Gasteiger partial charge in [-0.25, -0.2) is 9.67 Å². The molecule has 0 saturated heterocycles. The Morgan fingerprint density at radius 1 is 1.44 bits per heavy atom. The average molecular weight is 267 g/mol. The summed E-state index contributed by atoms with van der Waals surface area (Å²) in [6.45, 7) is 2.36. The van der Waals surface area contributed by atoms with Gasteiger partial charge in [0.2, 0.25) is 0 Å². The van der Waals surface area contributed by atoms with Gasteiger partial charge < -0.3 is 10.5 Å². The standard InChI is InChI=1S/C12H15ClN4O/c1-8-15-12(5-6-14)17(16-8)10-7-9(13)3-4-11(10)18-2/h3-4,7H,5-6,14H2,1-2H3. The van der Waals surface area contributed by atoms with Crippen LogP contribution in [0.5, 0.6) is 5.75 Å². The Morgan fingerprint density at radius 2 is 2.22 bits per heavy atom. The van der Waals surface area contributed by atoms with E-state index in [1.165, 1.54) is 0 Å². The lowest BCUT2D eigenvalue weighted by Crippen LogP contribution is -2.10. The molecule has 0 aliphatic carbocycles. The number of hydrogen-bond acceptors (Lipinski definition) is 4. The predicted octanol–water partition coefficient (Wildman–Crippen LogP) is 1.74. The Bertz CT molecular complexity index is 553. The third kappa shape index (κ3) is 2.47. The fraction of sp³-hybridized carbons (Fsp3) is 0.333. The minimum Gasteiger partial charge on any atom is -0.494 e. The van der Waals surface area contributed by atoms with Gasteiger partial charge in [-0.3, -0.25) is 0 Å². The van der Waals surface area contributed by atoms with Crippen LogP contribution in [0, 0.1) is 6.92 Å². The number of methoxy groups -OCH3 is 1. The number of ether oxygens (including phenoxy) is 1. The second-order valence-corrected chi connectivity index (χ2v) is 4.28. The van der Waals surface area contributed by atoms with Crippen LogP contribution < -0.4 is 10.5 Å². The summed E-state index contributed by atoms with van der Waals surface area (Å²) in [5.74, 6) is 2.19. The Hall–Kier alpha value is -1.59. The van der Waals surface area contributed by atoms with Crippen molar-refractivity contribution >= 4 is 11.6 Å². The van der Waals surface area contributed by atoms with Crippen molar-refractivity contribution in [2.24, 2.45) is 5.73 Å². The maximum absolute atomic E-state index is 6.02. The third-order valence-corrected chi connectivity index (χ3v) is 2.75. The highest BCUT2D eigenvalue weighted by atomic mass is 35.5. The third-order valence-electron chi connectivity index (χ3n) is 2.52. The van der Waals surface area contributed by atoms with Crippen LogP contribution in [0.3, 0.4) is 0 Å². The molecule has 0 spiro atoms. The lowest BCUT2D eigenvalue weighted by molar-refractivity contribution is 0.411. The number of benzene rings is 1. The number of rotatable bonds is 4. The summed E-state index contributed by atoms with van der Waals surface area (Å²) >= 11 is 6.02. The molecule has 0 radical (unpaired) electrons. The van der Waals surface area contributed by atoms with E-state index >= 15 is 0 Å². The van der Waals surface area contributed by atoms with E-state index in [2.05, 4.69) is 10.1 Å². The molecule has 1 heterocycles. The maximum Gasteiger partial charge on any atom is 0.148 e. The summed E-state index contributed by atoms with van der Waals surface area (Å²) in [6, 6.07) is 5.38. The normalized spacial score (nSPS) is 10.7. The van der Waals surface area contributed by atoms with Gasteiger partial charge in [0.1, 0.15) is 23.1 Å². The first-order valence-electron chi connectivity index (χ1n) is 5.62. The molecule has 6 heteroatoms. The van der Waals surface area contributed by atoms with Gasteiger partial charge in [0.05, 0.1) is 7.11 Å². The van der Waals surface area contributed by atoms with E-state index in [-0.39, 0.29) is 0 Å². The molecular weight excluding hydrogens is 252 g/mol. The molecule has 0 fully saturated rings. The molecule has 0 bridgehead atoms. The summed E-state index contributed by atoms with van der Waals surface area (Å²) in [7, 11) is 1.61. The number of nitrogens with zero attached hydrogens (tertiary/aromatic N) is 3. The SMILES string of the molecule is COc1ccc(Cl)cc1-n1nc(C)nc1CCN. The van der Waals surface area contributed by atoms with E-state index in [9.17, 15) is 0 Å². The molecule has 0 saturated carbocycles. The van der Waals surface area contributed by atoms with Crippen LogP contribution in [0.1, 0.15) is 11.6 Å². The first-order valence-corrected chi connectivity index (χ1v) is 6.00. The average Bonchev–Trinajstić information content (AvgIpc) is 2.71. The van der Waals surface area contributed by atoms with Crippen molar-refractivity contribution in [3.05, 3.63) is 34.9 Å². The Kier molecular flexibility index (Phi) is 3.84. The number of halogens is 1. The molecule has 2 aromatic rings. The zero-order chi connectivity index (χ0) is 13.1. The Morgan fingerprint density at radius 3 is 2.89 bits per heavy atom. The monoisotopic (exact) mass is 266 g/mol. The summed E-state index contributed by atoms with van der Waals surface area (Å²) in [6.07, 6.45) is 0.649. The zero-order valence-corrected chi connectivity index (χ0v) is 11.1. The minimum absolute atomic E-state index is 0.515. The lowest BCUT2D eigenvalue weighted by Gasteiger charge is -2.10. The van der Waals surface area contributed by atoms with Gasteiger partial charge in [0, 0.05) is 11.4 Å². The van der Waals surface area contributed by atoms with Crippen molar-refractivity contribution in [2.75, 3.05) is 13.7 Å². The van der Waals surface area contributed by atoms with E-state index in [1.54, 1.807) is 30.0 Å². The molecule has 18 heavy (non-hydrogen) atoms. The zero-order valence-electron chi connectivity index (χ0n) is 10.4. The van der Waals surface area contributed by atoms with Crippen LogP contribution in [0.25, 0.3) is 5.69 Å². The topological polar surface area (TPSA) is 66.0 Å². The molecule has 2 N–H and O–H groups in total. The van der Waals surface area contributed by atoms with Gasteiger partial charge in [0.25, 0.3) is 0 Å². The van der Waals surface area contributed by atoms with E-state index in [0.717, 1.165) is 11.5 Å². The van der Waals surface area contributed by atoms with Gasteiger partial charge in [-0.2, -0.15) is 5.10 Å². The largest absolute Gasteiger partial charge is 0.494 e. The Labute approximate surface area is 111 Å². The quantitative estimate of drug-likeness (QED) is 0.915. The Balaban J connectivity index is 2.56. The van der Waals surface area contributed by atoms with Crippen molar-refractivity contribution in [1.82, 2.24) is 14.8 Å². The molecule has 0 aliphatic heterocycles. The predicted molar refractivity (Wildman–Crippen MR) is 70.4 cm³/mol. The number of hydrogen-bond donors (Lipinski definition) is 1.